The molecule has 7 nitrogen and oxygen atoms in total. The van der Waals surface area contributed by atoms with E-state index in [1.807, 2.05) is 56.3 Å². The Morgan fingerprint density at radius 2 is 1.65 bits per heavy atom. The van der Waals surface area contributed by atoms with Gasteiger partial charge in [0.25, 0.3) is 0 Å². The third-order valence-electron chi connectivity index (χ3n) is 7.78. The highest BCUT2D eigenvalue weighted by Crippen LogP contribution is 2.23. The molecule has 3 heterocycles. The maximum absolute atomic E-state index is 13.4. The summed E-state index contributed by atoms with van der Waals surface area (Å²) in [6, 6.07) is 17.9. The minimum absolute atomic E-state index is 0.0116. The van der Waals surface area contributed by atoms with E-state index in [0.29, 0.717) is 24.3 Å². The second-order valence-electron chi connectivity index (χ2n) is 10.7. The Bertz CT molecular complexity index is 1510. The van der Waals surface area contributed by atoms with Crippen LogP contribution in [0.15, 0.2) is 54.6 Å². The number of fused-ring (bicyclic) bond motifs is 1. The third-order valence-corrected chi connectivity index (χ3v) is 7.78. The predicted molar refractivity (Wildman–Crippen MR) is 156 cm³/mol. The Kier molecular flexibility index (Phi) is 8.40. The molecule has 2 aromatic heterocycles. The average Bonchev–Trinajstić information content (AvgIpc) is 3.31. The molecule has 0 bridgehead atoms. The molecule has 0 unspecified atom stereocenters. The maximum Gasteiger partial charge on any atom is 0.309 e. The van der Waals surface area contributed by atoms with Crippen molar-refractivity contribution in [2.45, 2.75) is 60.0 Å². The number of imidazole rings is 1. The summed E-state index contributed by atoms with van der Waals surface area (Å²) in [5.41, 5.74) is 7.50. The lowest BCUT2D eigenvalue weighted by Gasteiger charge is -2.30. The molecular weight excluding hydrogens is 500 g/mol. The Labute approximate surface area is 236 Å². The van der Waals surface area contributed by atoms with Gasteiger partial charge in [0.2, 0.25) is 0 Å². The largest absolute Gasteiger partial charge is 0.466 e. The molecular formula is C33H38N4O3. The number of rotatable bonds is 9. The molecule has 0 N–H and O–H groups in total. The van der Waals surface area contributed by atoms with Crippen LogP contribution < -0.4 is 0 Å². The Hall–Kier alpha value is -3.84. The van der Waals surface area contributed by atoms with Gasteiger partial charge in [-0.15, -0.1) is 0 Å². The van der Waals surface area contributed by atoms with E-state index in [1.165, 1.54) is 0 Å². The van der Waals surface area contributed by atoms with Crippen molar-refractivity contribution in [1.82, 2.24) is 19.4 Å². The zero-order chi connectivity index (χ0) is 28.2. The van der Waals surface area contributed by atoms with Crippen molar-refractivity contribution in [1.29, 1.82) is 0 Å². The van der Waals surface area contributed by atoms with Crippen molar-refractivity contribution >= 4 is 22.9 Å². The monoisotopic (exact) mass is 538 g/mol. The molecule has 4 aromatic rings. The predicted octanol–water partition coefficient (Wildman–Crippen LogP) is 5.66. The lowest BCUT2D eigenvalue weighted by atomic mass is 9.96. The second kappa shape index (κ2) is 12.1. The number of ketones is 1. The van der Waals surface area contributed by atoms with Crippen LogP contribution in [0.3, 0.4) is 0 Å². The first kappa shape index (κ1) is 27.7. The number of pyridine rings is 1. The standard InChI is InChI=1S/C33H38N4O3/c1-5-29-35-30-22(3)18-23(4)34-32(30)37(29)21-25-8-7-9-28(19-25)31(38)26-12-10-24(11-13-26)20-36-16-14-27(15-17-36)33(39)40-6-2/h7-13,18-19,27H,5-6,14-17,20-21H2,1-4H3. The second-order valence-corrected chi connectivity index (χ2v) is 10.7. The molecule has 0 saturated carbocycles. The van der Waals surface area contributed by atoms with E-state index in [9.17, 15) is 9.59 Å². The molecule has 7 heteroatoms. The molecule has 1 saturated heterocycles. The molecule has 1 aliphatic rings. The van der Waals surface area contributed by atoms with Gasteiger partial charge >= 0.3 is 5.97 Å². The van der Waals surface area contributed by atoms with Crippen molar-refractivity contribution in [3.8, 4) is 0 Å². The van der Waals surface area contributed by atoms with E-state index in [2.05, 4.69) is 35.4 Å². The highest BCUT2D eigenvalue weighted by molar-refractivity contribution is 6.09. The molecule has 0 amide bonds. The Morgan fingerprint density at radius 1 is 0.900 bits per heavy atom. The van der Waals surface area contributed by atoms with Crippen LogP contribution in [0.2, 0.25) is 0 Å². The van der Waals surface area contributed by atoms with Gasteiger partial charge in [0, 0.05) is 29.8 Å². The number of aromatic nitrogens is 3. The summed E-state index contributed by atoms with van der Waals surface area (Å²) in [4.78, 5) is 37.4. The van der Waals surface area contributed by atoms with Crippen LogP contribution in [-0.2, 0) is 29.0 Å². The molecule has 5 rings (SSSR count). The van der Waals surface area contributed by atoms with Crippen molar-refractivity contribution in [3.63, 3.8) is 0 Å². The molecule has 0 radical (unpaired) electrons. The first-order chi connectivity index (χ1) is 19.4. The number of esters is 1. The van der Waals surface area contributed by atoms with E-state index < -0.39 is 0 Å². The number of hydrogen-bond acceptors (Lipinski definition) is 6. The van der Waals surface area contributed by atoms with E-state index >= 15 is 0 Å². The zero-order valence-electron chi connectivity index (χ0n) is 23.9. The smallest absolute Gasteiger partial charge is 0.309 e. The summed E-state index contributed by atoms with van der Waals surface area (Å²) in [6.07, 6.45) is 2.47. The lowest BCUT2D eigenvalue weighted by Crippen LogP contribution is -2.36. The number of nitrogens with zero attached hydrogens (tertiary/aromatic N) is 4. The fourth-order valence-electron chi connectivity index (χ4n) is 5.65. The van der Waals surface area contributed by atoms with Crippen LogP contribution in [0.1, 0.15) is 70.8 Å². The number of likely N-dealkylation sites (tertiary alicyclic amines) is 1. The van der Waals surface area contributed by atoms with E-state index in [0.717, 1.165) is 78.3 Å². The molecule has 0 spiro atoms. The van der Waals surface area contributed by atoms with E-state index in [1.54, 1.807) is 0 Å². The van der Waals surface area contributed by atoms with Gasteiger partial charge in [-0.2, -0.15) is 0 Å². The number of carbonyl (C=O) groups excluding carboxylic acids is 2. The van der Waals surface area contributed by atoms with Crippen molar-refractivity contribution in [2.24, 2.45) is 5.92 Å². The maximum atomic E-state index is 13.4. The molecule has 208 valence electrons. The first-order valence-electron chi connectivity index (χ1n) is 14.3. The van der Waals surface area contributed by atoms with Gasteiger partial charge in [0.1, 0.15) is 11.3 Å². The number of hydrogen-bond donors (Lipinski definition) is 0. The highest BCUT2D eigenvalue weighted by atomic mass is 16.5. The van der Waals surface area contributed by atoms with Crippen molar-refractivity contribution in [3.05, 3.63) is 93.9 Å². The molecule has 1 aliphatic heterocycles. The fraction of sp³-hybridized carbons (Fsp3) is 0.394. The number of piperidine rings is 1. The zero-order valence-corrected chi connectivity index (χ0v) is 23.9. The lowest BCUT2D eigenvalue weighted by molar-refractivity contribution is -0.149. The molecule has 40 heavy (non-hydrogen) atoms. The van der Waals surface area contributed by atoms with Gasteiger partial charge in [0.05, 0.1) is 19.1 Å². The van der Waals surface area contributed by atoms with Crippen LogP contribution in [0.5, 0.6) is 0 Å². The molecule has 1 fully saturated rings. The quantitative estimate of drug-likeness (QED) is 0.202. The van der Waals surface area contributed by atoms with Gasteiger partial charge in [-0.05, 0) is 75.5 Å². The van der Waals surface area contributed by atoms with Gasteiger partial charge in [-0.1, -0.05) is 49.4 Å². The summed E-state index contributed by atoms with van der Waals surface area (Å²) in [5, 5.41) is 0. The topological polar surface area (TPSA) is 77.3 Å². The summed E-state index contributed by atoms with van der Waals surface area (Å²) in [7, 11) is 0. The van der Waals surface area contributed by atoms with E-state index in [-0.39, 0.29) is 17.7 Å². The number of aryl methyl sites for hydroxylation is 3. The number of benzene rings is 2. The normalized spacial score (nSPS) is 14.5. The number of carbonyl (C=O) groups is 2. The van der Waals surface area contributed by atoms with Crippen LogP contribution in [-0.4, -0.2) is 50.9 Å². The van der Waals surface area contributed by atoms with Crippen LogP contribution >= 0.6 is 0 Å². The van der Waals surface area contributed by atoms with Gasteiger partial charge in [-0.25, -0.2) is 9.97 Å². The van der Waals surface area contributed by atoms with E-state index in [4.69, 9.17) is 14.7 Å². The van der Waals surface area contributed by atoms with Crippen LogP contribution in [0.4, 0.5) is 0 Å². The van der Waals surface area contributed by atoms with Gasteiger partial charge < -0.3 is 9.30 Å². The average molecular weight is 539 g/mol. The van der Waals surface area contributed by atoms with Crippen LogP contribution in [0.25, 0.3) is 11.2 Å². The van der Waals surface area contributed by atoms with Gasteiger partial charge in [0.15, 0.2) is 11.4 Å². The third kappa shape index (κ3) is 5.99. The summed E-state index contributed by atoms with van der Waals surface area (Å²) < 4.78 is 7.35. The Morgan fingerprint density at radius 3 is 2.35 bits per heavy atom. The summed E-state index contributed by atoms with van der Waals surface area (Å²) in [5.74, 6) is 0.950. The van der Waals surface area contributed by atoms with Crippen molar-refractivity contribution in [2.75, 3.05) is 19.7 Å². The minimum Gasteiger partial charge on any atom is -0.466 e. The molecule has 0 atom stereocenters. The number of ether oxygens (including phenoxy) is 1. The minimum atomic E-state index is -0.0693. The first-order valence-corrected chi connectivity index (χ1v) is 14.3. The highest BCUT2D eigenvalue weighted by Gasteiger charge is 2.26. The fourth-order valence-corrected chi connectivity index (χ4v) is 5.65. The molecule has 2 aromatic carbocycles. The van der Waals surface area contributed by atoms with Crippen molar-refractivity contribution < 1.29 is 14.3 Å². The van der Waals surface area contributed by atoms with Crippen LogP contribution in [0, 0.1) is 19.8 Å². The summed E-state index contributed by atoms with van der Waals surface area (Å²) >= 11 is 0. The molecule has 0 aliphatic carbocycles. The SMILES string of the molecule is CCOC(=O)C1CCN(Cc2ccc(C(=O)c3cccc(Cn4c(CC)nc5c(C)cc(C)nc54)c3)cc2)CC1. The summed E-state index contributed by atoms with van der Waals surface area (Å²) in [6.45, 7) is 11.6. The van der Waals surface area contributed by atoms with Gasteiger partial charge in [-0.3, -0.25) is 14.5 Å². The Balaban J connectivity index is 1.26.